The molecule has 1 aromatic rings. The SMILES string of the molecule is Cc1ccc(C(C)C(O)CN)cc1. The second-order valence-electron chi connectivity index (χ2n) is 3.50. The van der Waals surface area contributed by atoms with Gasteiger partial charge < -0.3 is 10.8 Å². The van der Waals surface area contributed by atoms with Gasteiger partial charge in [-0.15, -0.1) is 0 Å². The van der Waals surface area contributed by atoms with Crippen LogP contribution >= 0.6 is 0 Å². The quantitative estimate of drug-likeness (QED) is 0.737. The van der Waals surface area contributed by atoms with E-state index in [9.17, 15) is 5.11 Å². The van der Waals surface area contributed by atoms with Gasteiger partial charge in [0.25, 0.3) is 0 Å². The first-order valence-corrected chi connectivity index (χ1v) is 4.60. The summed E-state index contributed by atoms with van der Waals surface area (Å²) in [7, 11) is 0. The molecule has 0 bridgehead atoms. The minimum Gasteiger partial charge on any atom is -0.391 e. The molecule has 3 N–H and O–H groups in total. The van der Waals surface area contributed by atoms with Gasteiger partial charge in [-0.05, 0) is 12.5 Å². The highest BCUT2D eigenvalue weighted by Gasteiger charge is 2.13. The van der Waals surface area contributed by atoms with Crippen molar-refractivity contribution in [3.05, 3.63) is 35.4 Å². The number of nitrogens with two attached hydrogens (primary N) is 1. The van der Waals surface area contributed by atoms with Crippen molar-refractivity contribution in [1.29, 1.82) is 0 Å². The third kappa shape index (κ3) is 2.54. The molecule has 1 aromatic carbocycles. The highest BCUT2D eigenvalue weighted by atomic mass is 16.3. The van der Waals surface area contributed by atoms with Gasteiger partial charge in [-0.3, -0.25) is 0 Å². The number of hydrogen-bond donors (Lipinski definition) is 2. The number of aliphatic hydroxyl groups is 1. The van der Waals surface area contributed by atoms with Crippen molar-refractivity contribution in [2.45, 2.75) is 25.9 Å². The Kier molecular flexibility index (Phi) is 3.46. The maximum atomic E-state index is 9.52. The molecule has 0 spiro atoms. The van der Waals surface area contributed by atoms with Crippen molar-refractivity contribution in [2.24, 2.45) is 5.73 Å². The Bertz CT molecular complexity index is 255. The molecule has 2 atom stereocenters. The summed E-state index contributed by atoms with van der Waals surface area (Å²) in [6.07, 6.45) is -0.442. The van der Waals surface area contributed by atoms with Crippen LogP contribution in [0.3, 0.4) is 0 Å². The highest BCUT2D eigenvalue weighted by Crippen LogP contribution is 2.18. The van der Waals surface area contributed by atoms with Crippen LogP contribution in [-0.4, -0.2) is 17.8 Å². The van der Waals surface area contributed by atoms with Gasteiger partial charge in [0.2, 0.25) is 0 Å². The van der Waals surface area contributed by atoms with Crippen molar-refractivity contribution in [2.75, 3.05) is 6.54 Å². The molecule has 0 aliphatic carbocycles. The molecule has 0 aromatic heterocycles. The van der Waals surface area contributed by atoms with E-state index in [4.69, 9.17) is 5.73 Å². The van der Waals surface area contributed by atoms with Crippen molar-refractivity contribution in [3.8, 4) is 0 Å². The van der Waals surface area contributed by atoms with Gasteiger partial charge in [-0.25, -0.2) is 0 Å². The van der Waals surface area contributed by atoms with Gasteiger partial charge in [0.05, 0.1) is 6.10 Å². The fraction of sp³-hybridized carbons (Fsp3) is 0.455. The Labute approximate surface area is 79.4 Å². The Hall–Kier alpha value is -0.860. The van der Waals surface area contributed by atoms with Crippen molar-refractivity contribution in [1.82, 2.24) is 0 Å². The van der Waals surface area contributed by atoms with E-state index in [1.54, 1.807) is 0 Å². The normalized spacial score (nSPS) is 15.4. The second-order valence-corrected chi connectivity index (χ2v) is 3.50. The number of aryl methyl sites for hydroxylation is 1. The van der Waals surface area contributed by atoms with Crippen LogP contribution in [0.5, 0.6) is 0 Å². The zero-order valence-corrected chi connectivity index (χ0v) is 8.20. The lowest BCUT2D eigenvalue weighted by Gasteiger charge is -2.17. The predicted molar refractivity (Wildman–Crippen MR) is 54.7 cm³/mol. The first kappa shape index (κ1) is 10.2. The molecule has 13 heavy (non-hydrogen) atoms. The van der Waals surface area contributed by atoms with E-state index in [-0.39, 0.29) is 5.92 Å². The maximum absolute atomic E-state index is 9.52. The van der Waals surface area contributed by atoms with Crippen LogP contribution in [0.15, 0.2) is 24.3 Å². The standard InChI is InChI=1S/C11H17NO/c1-8-3-5-10(6-4-8)9(2)11(13)7-12/h3-6,9,11,13H,7,12H2,1-2H3. The molecule has 0 saturated heterocycles. The fourth-order valence-electron chi connectivity index (χ4n) is 1.30. The molecule has 0 aliphatic heterocycles. The molecular formula is C11H17NO. The van der Waals surface area contributed by atoms with E-state index in [1.807, 2.05) is 26.0 Å². The molecule has 2 nitrogen and oxygen atoms in total. The summed E-state index contributed by atoms with van der Waals surface area (Å²) >= 11 is 0. The third-order valence-corrected chi connectivity index (χ3v) is 2.42. The minimum atomic E-state index is -0.442. The van der Waals surface area contributed by atoms with E-state index in [0.717, 1.165) is 5.56 Å². The monoisotopic (exact) mass is 179 g/mol. The molecule has 0 fully saturated rings. The number of hydrogen-bond acceptors (Lipinski definition) is 2. The summed E-state index contributed by atoms with van der Waals surface area (Å²) in [4.78, 5) is 0. The van der Waals surface area contributed by atoms with Crippen LogP contribution in [0.4, 0.5) is 0 Å². The van der Waals surface area contributed by atoms with Gasteiger partial charge in [0.1, 0.15) is 0 Å². The maximum Gasteiger partial charge on any atom is 0.0728 e. The van der Waals surface area contributed by atoms with Crippen LogP contribution in [0, 0.1) is 6.92 Å². The van der Waals surface area contributed by atoms with Crippen LogP contribution in [-0.2, 0) is 0 Å². The lowest BCUT2D eigenvalue weighted by Crippen LogP contribution is -2.25. The van der Waals surface area contributed by atoms with Crippen LogP contribution in [0.2, 0.25) is 0 Å². The molecular weight excluding hydrogens is 162 g/mol. The second kappa shape index (κ2) is 4.40. The molecule has 0 amide bonds. The number of aliphatic hydroxyl groups excluding tert-OH is 1. The Morgan fingerprint density at radius 1 is 1.31 bits per heavy atom. The molecule has 0 aliphatic rings. The van der Waals surface area contributed by atoms with Gasteiger partial charge in [-0.1, -0.05) is 36.8 Å². The van der Waals surface area contributed by atoms with E-state index < -0.39 is 6.10 Å². The van der Waals surface area contributed by atoms with Crippen molar-refractivity contribution >= 4 is 0 Å². The zero-order valence-electron chi connectivity index (χ0n) is 8.20. The van der Waals surface area contributed by atoms with Gasteiger partial charge in [0.15, 0.2) is 0 Å². The summed E-state index contributed by atoms with van der Waals surface area (Å²) in [5, 5.41) is 9.52. The molecule has 1 rings (SSSR count). The number of rotatable bonds is 3. The van der Waals surface area contributed by atoms with Gasteiger partial charge >= 0.3 is 0 Å². The Morgan fingerprint density at radius 3 is 2.31 bits per heavy atom. The molecule has 0 saturated carbocycles. The minimum absolute atomic E-state index is 0.116. The summed E-state index contributed by atoms with van der Waals surface area (Å²) in [6.45, 7) is 4.35. The summed E-state index contributed by atoms with van der Waals surface area (Å²) in [5.74, 6) is 0.116. The van der Waals surface area contributed by atoms with Gasteiger partial charge in [0, 0.05) is 12.5 Å². The smallest absolute Gasteiger partial charge is 0.0728 e. The summed E-state index contributed by atoms with van der Waals surface area (Å²) in [6, 6.07) is 8.18. The van der Waals surface area contributed by atoms with E-state index in [1.165, 1.54) is 5.56 Å². The summed E-state index contributed by atoms with van der Waals surface area (Å²) in [5.41, 5.74) is 7.77. The van der Waals surface area contributed by atoms with E-state index in [0.29, 0.717) is 6.54 Å². The Morgan fingerprint density at radius 2 is 1.85 bits per heavy atom. The van der Waals surface area contributed by atoms with Crippen molar-refractivity contribution in [3.63, 3.8) is 0 Å². The first-order chi connectivity index (χ1) is 6.15. The Balaban J connectivity index is 2.77. The lowest BCUT2D eigenvalue weighted by atomic mass is 9.95. The highest BCUT2D eigenvalue weighted by molar-refractivity contribution is 5.24. The van der Waals surface area contributed by atoms with Crippen LogP contribution in [0.25, 0.3) is 0 Å². The zero-order chi connectivity index (χ0) is 9.84. The number of benzene rings is 1. The molecule has 2 unspecified atom stereocenters. The van der Waals surface area contributed by atoms with E-state index in [2.05, 4.69) is 12.1 Å². The fourth-order valence-corrected chi connectivity index (χ4v) is 1.30. The predicted octanol–water partition coefficient (Wildman–Crippen LogP) is 1.42. The van der Waals surface area contributed by atoms with Crippen LogP contribution in [0.1, 0.15) is 24.0 Å². The largest absolute Gasteiger partial charge is 0.391 e. The molecule has 72 valence electrons. The average molecular weight is 179 g/mol. The average Bonchev–Trinajstić information content (AvgIpc) is 2.17. The molecule has 0 radical (unpaired) electrons. The van der Waals surface area contributed by atoms with Crippen molar-refractivity contribution < 1.29 is 5.11 Å². The third-order valence-electron chi connectivity index (χ3n) is 2.42. The topological polar surface area (TPSA) is 46.2 Å². The molecule has 0 heterocycles. The summed E-state index contributed by atoms with van der Waals surface area (Å²) < 4.78 is 0. The van der Waals surface area contributed by atoms with E-state index >= 15 is 0 Å². The van der Waals surface area contributed by atoms with Crippen LogP contribution < -0.4 is 5.73 Å². The molecule has 2 heteroatoms. The van der Waals surface area contributed by atoms with Gasteiger partial charge in [-0.2, -0.15) is 0 Å². The lowest BCUT2D eigenvalue weighted by molar-refractivity contribution is 0.157. The first-order valence-electron chi connectivity index (χ1n) is 4.60.